The van der Waals surface area contributed by atoms with E-state index in [-0.39, 0.29) is 48.9 Å². The van der Waals surface area contributed by atoms with Gasteiger partial charge in [0.1, 0.15) is 6.10 Å². The summed E-state index contributed by atoms with van der Waals surface area (Å²) in [6, 6.07) is 9.58. The number of aliphatic hydroxyl groups excluding tert-OH is 1. The third-order valence-electron chi connectivity index (χ3n) is 5.16. The number of hydrogen-bond acceptors (Lipinski definition) is 4. The van der Waals surface area contributed by atoms with Crippen LogP contribution >= 0.6 is 0 Å². The third-order valence-corrected chi connectivity index (χ3v) is 5.16. The summed E-state index contributed by atoms with van der Waals surface area (Å²) < 4.78 is 5.88. The SMILES string of the molecule is C[C@H](NC(=O)C[C@@H]1CC[C@H](NC(=O)C2CC2)[C@H](CO)O1)c1ccccc1. The second-order valence-electron chi connectivity index (χ2n) is 7.35. The molecule has 0 aromatic heterocycles. The van der Waals surface area contributed by atoms with Crippen molar-refractivity contribution in [3.05, 3.63) is 35.9 Å². The fourth-order valence-electron chi connectivity index (χ4n) is 3.43. The number of hydrogen-bond donors (Lipinski definition) is 3. The first-order valence-corrected chi connectivity index (χ1v) is 9.47. The van der Waals surface area contributed by atoms with Crippen LogP contribution in [0.5, 0.6) is 0 Å². The molecule has 6 nitrogen and oxygen atoms in total. The Labute approximate surface area is 154 Å². The molecule has 142 valence electrons. The average molecular weight is 360 g/mol. The van der Waals surface area contributed by atoms with Gasteiger partial charge in [-0.2, -0.15) is 0 Å². The van der Waals surface area contributed by atoms with Crippen molar-refractivity contribution in [3.63, 3.8) is 0 Å². The molecule has 1 aromatic rings. The van der Waals surface area contributed by atoms with Crippen molar-refractivity contribution in [3.8, 4) is 0 Å². The highest BCUT2D eigenvalue weighted by Gasteiger charge is 2.36. The molecule has 1 heterocycles. The molecule has 0 spiro atoms. The van der Waals surface area contributed by atoms with Crippen molar-refractivity contribution in [1.29, 1.82) is 0 Å². The Bertz CT molecular complexity index is 617. The van der Waals surface area contributed by atoms with E-state index in [1.165, 1.54) is 0 Å². The van der Waals surface area contributed by atoms with Gasteiger partial charge < -0.3 is 20.5 Å². The average Bonchev–Trinajstić information content (AvgIpc) is 3.48. The number of aliphatic hydroxyl groups is 1. The minimum atomic E-state index is -0.448. The maximum Gasteiger partial charge on any atom is 0.223 e. The molecule has 26 heavy (non-hydrogen) atoms. The first-order chi connectivity index (χ1) is 12.6. The van der Waals surface area contributed by atoms with Gasteiger partial charge in [-0.1, -0.05) is 30.3 Å². The van der Waals surface area contributed by atoms with Gasteiger partial charge in [-0.3, -0.25) is 9.59 Å². The lowest BCUT2D eigenvalue weighted by molar-refractivity contribution is -0.136. The van der Waals surface area contributed by atoms with Crippen LogP contribution in [0.1, 0.15) is 50.6 Å². The summed E-state index contributed by atoms with van der Waals surface area (Å²) in [4.78, 5) is 24.3. The van der Waals surface area contributed by atoms with Crippen LogP contribution in [0.4, 0.5) is 0 Å². The lowest BCUT2D eigenvalue weighted by Gasteiger charge is -2.36. The molecule has 3 N–H and O–H groups in total. The van der Waals surface area contributed by atoms with Crippen LogP contribution in [0.3, 0.4) is 0 Å². The first kappa shape index (κ1) is 18.9. The van der Waals surface area contributed by atoms with Gasteiger partial charge in [-0.15, -0.1) is 0 Å². The molecule has 2 aliphatic rings. The molecule has 1 saturated heterocycles. The van der Waals surface area contributed by atoms with Crippen LogP contribution in [-0.2, 0) is 14.3 Å². The van der Waals surface area contributed by atoms with E-state index in [0.717, 1.165) is 24.8 Å². The molecule has 4 atom stereocenters. The van der Waals surface area contributed by atoms with Crippen molar-refractivity contribution >= 4 is 11.8 Å². The highest BCUT2D eigenvalue weighted by atomic mass is 16.5. The molecule has 1 aromatic carbocycles. The van der Waals surface area contributed by atoms with Gasteiger partial charge in [-0.05, 0) is 38.2 Å². The number of benzene rings is 1. The predicted octanol–water partition coefficient (Wildman–Crippen LogP) is 1.69. The van der Waals surface area contributed by atoms with Crippen LogP contribution in [0.25, 0.3) is 0 Å². The Kier molecular flexibility index (Phi) is 6.27. The fraction of sp³-hybridized carbons (Fsp3) is 0.600. The summed E-state index contributed by atoms with van der Waals surface area (Å²) in [5.41, 5.74) is 1.06. The van der Waals surface area contributed by atoms with E-state index in [0.29, 0.717) is 6.42 Å². The van der Waals surface area contributed by atoms with Gasteiger partial charge >= 0.3 is 0 Å². The minimum Gasteiger partial charge on any atom is -0.394 e. The second-order valence-corrected chi connectivity index (χ2v) is 7.35. The Balaban J connectivity index is 1.46. The van der Waals surface area contributed by atoms with Crippen LogP contribution in [0, 0.1) is 5.92 Å². The number of nitrogens with one attached hydrogen (secondary N) is 2. The van der Waals surface area contributed by atoms with Gasteiger partial charge in [-0.25, -0.2) is 0 Å². The van der Waals surface area contributed by atoms with E-state index in [2.05, 4.69) is 10.6 Å². The van der Waals surface area contributed by atoms with E-state index in [4.69, 9.17) is 4.74 Å². The molecular formula is C20H28N2O4. The quantitative estimate of drug-likeness (QED) is 0.690. The molecule has 2 fully saturated rings. The van der Waals surface area contributed by atoms with Crippen molar-refractivity contribution in [2.24, 2.45) is 5.92 Å². The molecule has 1 saturated carbocycles. The Morgan fingerprint density at radius 3 is 2.58 bits per heavy atom. The normalized spacial score (nSPS) is 26.8. The number of ether oxygens (including phenoxy) is 1. The smallest absolute Gasteiger partial charge is 0.223 e. The first-order valence-electron chi connectivity index (χ1n) is 9.47. The zero-order chi connectivity index (χ0) is 18.5. The van der Waals surface area contributed by atoms with Crippen LogP contribution < -0.4 is 10.6 Å². The Morgan fingerprint density at radius 1 is 1.19 bits per heavy atom. The predicted molar refractivity (Wildman–Crippen MR) is 97.3 cm³/mol. The molecule has 3 rings (SSSR count). The number of carbonyl (C=O) groups excluding carboxylic acids is 2. The van der Waals surface area contributed by atoms with Crippen LogP contribution in [0.2, 0.25) is 0 Å². The lowest BCUT2D eigenvalue weighted by atomic mass is 9.96. The maximum absolute atomic E-state index is 12.3. The second kappa shape index (κ2) is 8.64. The summed E-state index contributed by atoms with van der Waals surface area (Å²) in [6.45, 7) is 1.79. The van der Waals surface area contributed by atoms with Crippen molar-refractivity contribution in [2.75, 3.05) is 6.61 Å². The number of amides is 2. The molecule has 6 heteroatoms. The van der Waals surface area contributed by atoms with E-state index in [1.54, 1.807) is 0 Å². The topological polar surface area (TPSA) is 87.7 Å². The van der Waals surface area contributed by atoms with Gasteiger partial charge in [0, 0.05) is 5.92 Å². The third kappa shape index (κ3) is 5.05. The Morgan fingerprint density at radius 2 is 1.92 bits per heavy atom. The highest BCUT2D eigenvalue weighted by molar-refractivity contribution is 5.81. The zero-order valence-corrected chi connectivity index (χ0v) is 15.2. The highest BCUT2D eigenvalue weighted by Crippen LogP contribution is 2.30. The molecule has 1 aliphatic heterocycles. The summed E-state index contributed by atoms with van der Waals surface area (Å²) in [6.07, 6.45) is 2.89. The molecule has 0 bridgehead atoms. The van der Waals surface area contributed by atoms with E-state index < -0.39 is 6.10 Å². The summed E-state index contributed by atoms with van der Waals surface area (Å²) in [5, 5.41) is 15.6. The zero-order valence-electron chi connectivity index (χ0n) is 15.2. The molecule has 1 aliphatic carbocycles. The standard InChI is InChI=1S/C20H28N2O4/c1-13(14-5-3-2-4-6-14)21-19(24)11-16-9-10-17(18(12-23)26-16)22-20(25)15-7-8-15/h2-6,13,15-18,23H,7-12H2,1H3,(H,21,24)(H,22,25)/t13-,16-,17-,18-/m0/s1. The summed E-state index contributed by atoms with van der Waals surface area (Å²) >= 11 is 0. The van der Waals surface area contributed by atoms with Gasteiger partial charge in [0.05, 0.1) is 31.2 Å². The monoisotopic (exact) mass is 360 g/mol. The molecular weight excluding hydrogens is 332 g/mol. The molecule has 0 radical (unpaired) electrons. The van der Waals surface area contributed by atoms with Crippen molar-refractivity contribution in [1.82, 2.24) is 10.6 Å². The van der Waals surface area contributed by atoms with E-state index >= 15 is 0 Å². The van der Waals surface area contributed by atoms with Gasteiger partial charge in [0.25, 0.3) is 0 Å². The number of rotatable bonds is 7. The summed E-state index contributed by atoms with van der Waals surface area (Å²) in [7, 11) is 0. The van der Waals surface area contributed by atoms with E-state index in [9.17, 15) is 14.7 Å². The summed E-state index contributed by atoms with van der Waals surface area (Å²) in [5.74, 6) is 0.130. The van der Waals surface area contributed by atoms with E-state index in [1.807, 2.05) is 37.3 Å². The van der Waals surface area contributed by atoms with Crippen molar-refractivity contribution < 1.29 is 19.4 Å². The van der Waals surface area contributed by atoms with Crippen molar-refractivity contribution in [2.45, 2.75) is 63.3 Å². The van der Waals surface area contributed by atoms with Crippen LogP contribution in [0.15, 0.2) is 30.3 Å². The minimum absolute atomic E-state index is 0.0601. The molecule has 2 amide bonds. The lowest BCUT2D eigenvalue weighted by Crippen LogP contribution is -2.51. The Hall–Kier alpha value is -1.92. The number of carbonyl (C=O) groups is 2. The molecule has 0 unspecified atom stereocenters. The van der Waals surface area contributed by atoms with Crippen LogP contribution in [-0.4, -0.2) is 41.8 Å². The largest absolute Gasteiger partial charge is 0.394 e. The maximum atomic E-state index is 12.3. The van der Waals surface area contributed by atoms with Gasteiger partial charge in [0.15, 0.2) is 0 Å². The van der Waals surface area contributed by atoms with Gasteiger partial charge in [0.2, 0.25) is 11.8 Å². The fourth-order valence-corrected chi connectivity index (χ4v) is 3.43.